The van der Waals surface area contributed by atoms with Crippen LogP contribution in [0.4, 0.5) is 32.3 Å². The summed E-state index contributed by atoms with van der Waals surface area (Å²) in [5.74, 6) is -0.378. The normalized spacial score (nSPS) is 21.1. The van der Waals surface area contributed by atoms with Crippen LogP contribution in [0.1, 0.15) is 62.6 Å². The third-order valence-electron chi connectivity index (χ3n) is 8.57. The molecule has 2 aromatic rings. The fourth-order valence-corrected chi connectivity index (χ4v) is 6.37. The van der Waals surface area contributed by atoms with E-state index in [1.807, 2.05) is 24.8 Å². The number of likely N-dealkylation sites (tertiary alicyclic amines) is 1. The van der Waals surface area contributed by atoms with Gasteiger partial charge in [-0.05, 0) is 78.3 Å². The molecule has 1 fully saturated rings. The molecule has 1 aliphatic carbocycles. The molecule has 0 bridgehead atoms. The number of rotatable bonds is 7. The van der Waals surface area contributed by atoms with Crippen LogP contribution in [0.15, 0.2) is 41.1 Å². The monoisotopic (exact) mass is 612 g/mol. The number of nitrogens with zero attached hydrogens (tertiary/aromatic N) is 6. The summed E-state index contributed by atoms with van der Waals surface area (Å²) in [6, 6.07) is 1.15. The van der Waals surface area contributed by atoms with Gasteiger partial charge in [0.2, 0.25) is 5.91 Å². The standard InChI is InChI=1S/C29H34F6N6O2/c1-4-18(5-2)26(42)40-8-6-7-24(23-11-19-15-43-16-20(19)12-25(23)40)41(27-36-38-39(3)37-27)14-17-9-21(28(30,31)32)13-22(10-17)29(33,34)35/h9-10,12-13,18,23-24H,4-8,11,14-16H2,1-3H3/t23?,24-/m0/s1. The molecule has 234 valence electrons. The van der Waals surface area contributed by atoms with Crippen LogP contribution in [-0.2, 0) is 35.5 Å². The first-order valence-corrected chi connectivity index (χ1v) is 14.4. The smallest absolute Gasteiger partial charge is 0.372 e. The second kappa shape index (κ2) is 11.9. The number of carbonyl (C=O) groups excluding carboxylic acids is 1. The lowest BCUT2D eigenvalue weighted by molar-refractivity contribution is -0.143. The van der Waals surface area contributed by atoms with Gasteiger partial charge in [0, 0.05) is 36.7 Å². The van der Waals surface area contributed by atoms with Crippen LogP contribution in [0.5, 0.6) is 0 Å². The summed E-state index contributed by atoms with van der Waals surface area (Å²) < 4.78 is 88.0. The highest BCUT2D eigenvalue weighted by Gasteiger charge is 2.43. The van der Waals surface area contributed by atoms with Gasteiger partial charge in [0.15, 0.2) is 0 Å². The predicted octanol–water partition coefficient (Wildman–Crippen LogP) is 5.91. The van der Waals surface area contributed by atoms with E-state index in [1.165, 1.54) is 11.8 Å². The van der Waals surface area contributed by atoms with E-state index in [0.29, 0.717) is 51.9 Å². The molecule has 43 heavy (non-hydrogen) atoms. The van der Waals surface area contributed by atoms with Crippen molar-refractivity contribution >= 4 is 11.9 Å². The molecule has 14 heteroatoms. The zero-order valence-electron chi connectivity index (χ0n) is 24.2. The van der Waals surface area contributed by atoms with Crippen LogP contribution in [0.3, 0.4) is 0 Å². The number of ether oxygens (including phenoxy) is 1. The Hall–Kier alpha value is -3.42. The zero-order valence-corrected chi connectivity index (χ0v) is 24.2. The first-order valence-electron chi connectivity index (χ1n) is 14.4. The Morgan fingerprint density at radius 3 is 2.33 bits per heavy atom. The number of benzene rings is 1. The third kappa shape index (κ3) is 6.43. The highest BCUT2D eigenvalue weighted by molar-refractivity contribution is 5.81. The van der Waals surface area contributed by atoms with Gasteiger partial charge >= 0.3 is 12.4 Å². The van der Waals surface area contributed by atoms with Crippen molar-refractivity contribution < 1.29 is 35.9 Å². The van der Waals surface area contributed by atoms with Gasteiger partial charge in [0.1, 0.15) is 0 Å². The van der Waals surface area contributed by atoms with Gasteiger partial charge in [-0.25, -0.2) is 0 Å². The van der Waals surface area contributed by atoms with E-state index < -0.39 is 29.5 Å². The van der Waals surface area contributed by atoms with Crippen molar-refractivity contribution in [2.75, 3.05) is 24.7 Å². The highest BCUT2D eigenvalue weighted by atomic mass is 19.4. The summed E-state index contributed by atoms with van der Waals surface area (Å²) in [5, 5.41) is 12.3. The lowest BCUT2D eigenvalue weighted by atomic mass is 9.81. The van der Waals surface area contributed by atoms with E-state index in [0.717, 1.165) is 29.0 Å². The molecule has 1 aromatic heterocycles. The zero-order chi connectivity index (χ0) is 31.1. The lowest BCUT2D eigenvalue weighted by Crippen LogP contribution is -2.45. The molecule has 1 amide bonds. The fraction of sp³-hybridized carbons (Fsp3) is 0.586. The average Bonchev–Trinajstić information content (AvgIpc) is 3.55. The minimum absolute atomic E-state index is 0.0155. The molecular weight excluding hydrogens is 578 g/mol. The molecule has 8 nitrogen and oxygen atoms in total. The Morgan fingerprint density at radius 1 is 1.07 bits per heavy atom. The summed E-state index contributed by atoms with van der Waals surface area (Å²) in [6.07, 6.45) is -5.01. The molecule has 1 aromatic carbocycles. The Bertz CT molecular complexity index is 1380. The number of halogens is 6. The van der Waals surface area contributed by atoms with Crippen LogP contribution in [-0.4, -0.2) is 56.8 Å². The molecule has 5 rings (SSSR count). The number of tetrazole rings is 1. The number of hydrogen-bond donors (Lipinski definition) is 0. The summed E-state index contributed by atoms with van der Waals surface area (Å²) in [6.45, 7) is 4.91. The quantitative estimate of drug-likeness (QED) is 0.362. The number of amides is 1. The van der Waals surface area contributed by atoms with Crippen molar-refractivity contribution in [3.8, 4) is 0 Å². The topological polar surface area (TPSA) is 76.4 Å². The molecule has 1 saturated heterocycles. The van der Waals surface area contributed by atoms with E-state index >= 15 is 0 Å². The van der Waals surface area contributed by atoms with Crippen LogP contribution >= 0.6 is 0 Å². The second-order valence-corrected chi connectivity index (χ2v) is 11.3. The lowest BCUT2D eigenvalue weighted by Gasteiger charge is -2.40. The molecule has 0 radical (unpaired) electrons. The molecule has 3 aliphatic rings. The van der Waals surface area contributed by atoms with E-state index in [4.69, 9.17) is 4.74 Å². The largest absolute Gasteiger partial charge is 0.416 e. The third-order valence-corrected chi connectivity index (χ3v) is 8.57. The van der Waals surface area contributed by atoms with Gasteiger partial charge in [-0.2, -0.15) is 31.1 Å². The van der Waals surface area contributed by atoms with Crippen molar-refractivity contribution in [3.63, 3.8) is 0 Å². The van der Waals surface area contributed by atoms with Crippen molar-refractivity contribution in [3.05, 3.63) is 57.8 Å². The highest BCUT2D eigenvalue weighted by Crippen LogP contribution is 2.43. The fourth-order valence-electron chi connectivity index (χ4n) is 6.37. The molecule has 0 spiro atoms. The van der Waals surface area contributed by atoms with Gasteiger partial charge in [-0.15, -0.1) is 5.10 Å². The molecule has 1 unspecified atom stereocenters. The molecule has 2 atom stereocenters. The molecule has 2 aliphatic heterocycles. The number of aryl methyl sites for hydroxylation is 1. The van der Waals surface area contributed by atoms with E-state index in [-0.39, 0.29) is 41.9 Å². The SMILES string of the molecule is CCC(CC)C(=O)N1CCC[C@H](N(Cc2cc(C(F)(F)F)cc(C(F)(F)F)c2)c2nnn(C)n2)C2CC3=C(C=C21)COC3. The predicted molar refractivity (Wildman–Crippen MR) is 144 cm³/mol. The second-order valence-electron chi connectivity index (χ2n) is 11.3. The summed E-state index contributed by atoms with van der Waals surface area (Å²) in [4.78, 5) is 18.4. The van der Waals surface area contributed by atoms with Crippen LogP contribution in [0.2, 0.25) is 0 Å². The van der Waals surface area contributed by atoms with Gasteiger partial charge in [0.25, 0.3) is 5.95 Å². The maximum atomic E-state index is 13.7. The first kappa shape index (κ1) is 31.0. The molecular formula is C29H34F6N6O2. The number of alkyl halides is 6. The molecule has 0 saturated carbocycles. The van der Waals surface area contributed by atoms with Crippen LogP contribution in [0, 0.1) is 11.8 Å². The van der Waals surface area contributed by atoms with Gasteiger partial charge in [0.05, 0.1) is 31.4 Å². The number of aromatic nitrogens is 4. The first-order chi connectivity index (χ1) is 20.3. The van der Waals surface area contributed by atoms with Crippen molar-refractivity contribution in [1.82, 2.24) is 25.1 Å². The van der Waals surface area contributed by atoms with Crippen LogP contribution in [0.25, 0.3) is 0 Å². The number of hydrogen-bond acceptors (Lipinski definition) is 6. The van der Waals surface area contributed by atoms with E-state index in [1.54, 1.807) is 4.90 Å². The van der Waals surface area contributed by atoms with Crippen molar-refractivity contribution in [2.24, 2.45) is 18.9 Å². The minimum Gasteiger partial charge on any atom is -0.372 e. The Balaban J connectivity index is 1.59. The minimum atomic E-state index is -4.98. The van der Waals surface area contributed by atoms with Crippen molar-refractivity contribution in [1.29, 1.82) is 0 Å². The van der Waals surface area contributed by atoms with Gasteiger partial charge in [-0.3, -0.25) is 4.79 Å². The average molecular weight is 613 g/mol. The van der Waals surface area contributed by atoms with E-state index in [2.05, 4.69) is 15.4 Å². The molecule has 0 N–H and O–H groups in total. The van der Waals surface area contributed by atoms with Gasteiger partial charge < -0.3 is 14.5 Å². The summed E-state index contributed by atoms with van der Waals surface area (Å²) >= 11 is 0. The maximum absolute atomic E-state index is 13.7. The Labute approximate surface area is 245 Å². The Morgan fingerprint density at radius 2 is 1.74 bits per heavy atom. The summed E-state index contributed by atoms with van der Waals surface area (Å²) in [5.41, 5.74) is -0.0920. The van der Waals surface area contributed by atoms with E-state index in [9.17, 15) is 31.1 Å². The molecule has 3 heterocycles. The summed E-state index contributed by atoms with van der Waals surface area (Å²) in [7, 11) is 1.53. The Kier molecular flexibility index (Phi) is 8.61. The number of fused-ring (bicyclic) bond motifs is 1. The van der Waals surface area contributed by atoms with Crippen LogP contribution < -0.4 is 4.90 Å². The van der Waals surface area contributed by atoms with Crippen molar-refractivity contribution in [2.45, 2.75) is 70.9 Å². The van der Waals surface area contributed by atoms with Gasteiger partial charge in [-0.1, -0.05) is 18.9 Å². The number of carbonyl (C=O) groups is 1. The number of anilines is 1. The maximum Gasteiger partial charge on any atom is 0.416 e.